The summed E-state index contributed by atoms with van der Waals surface area (Å²) >= 11 is 1.64. The van der Waals surface area contributed by atoms with Crippen molar-refractivity contribution in [2.24, 2.45) is 0 Å². The molecule has 0 bridgehead atoms. The van der Waals surface area contributed by atoms with E-state index in [1.54, 1.807) is 11.3 Å². The third-order valence-electron chi connectivity index (χ3n) is 8.60. The van der Waals surface area contributed by atoms with Crippen LogP contribution in [0.25, 0.3) is 26.4 Å². The van der Waals surface area contributed by atoms with Gasteiger partial charge in [-0.3, -0.25) is 9.20 Å². The zero-order chi connectivity index (χ0) is 26.2. The lowest BCUT2D eigenvalue weighted by molar-refractivity contribution is 0.0976. The highest BCUT2D eigenvalue weighted by Crippen LogP contribution is 2.35. The number of halogens is 1. The smallest absolute Gasteiger partial charge is 0.195 e. The molecular weight excluding hydrogens is 495 g/mol. The predicted octanol–water partition coefficient (Wildman–Crippen LogP) is 7.04. The number of imidazole rings is 1. The van der Waals surface area contributed by atoms with Gasteiger partial charge in [0.1, 0.15) is 6.17 Å². The van der Waals surface area contributed by atoms with Crippen molar-refractivity contribution in [2.45, 2.75) is 71.0 Å². The Balaban J connectivity index is 1.14. The second-order valence-corrected chi connectivity index (χ2v) is 12.1. The third kappa shape index (κ3) is 5.04. The van der Waals surface area contributed by atoms with E-state index in [1.165, 1.54) is 35.1 Å². The van der Waals surface area contributed by atoms with Gasteiger partial charge in [0.2, 0.25) is 0 Å². The monoisotopic (exact) mass is 532 g/mol. The molecule has 2 aliphatic rings. The van der Waals surface area contributed by atoms with Crippen molar-refractivity contribution in [3.63, 3.8) is 0 Å². The number of nitrogens with zero attached hydrogens (tertiary/aromatic N) is 3. The molecule has 0 amide bonds. The molecule has 7 heteroatoms. The molecule has 2 aromatic carbocycles. The van der Waals surface area contributed by atoms with Gasteiger partial charge in [-0.25, -0.2) is 9.37 Å². The highest BCUT2D eigenvalue weighted by molar-refractivity contribution is 7.23. The molecule has 5 nitrogen and oxygen atoms in total. The van der Waals surface area contributed by atoms with E-state index < -0.39 is 6.17 Å². The maximum Gasteiger partial charge on any atom is 0.195 e. The molecule has 0 radical (unpaired) electrons. The fourth-order valence-corrected chi connectivity index (χ4v) is 7.19. The first kappa shape index (κ1) is 25.7. The second-order valence-electron chi connectivity index (χ2n) is 11.1. The standard InChI is InChI=1S/C31H37FN4OS/c1-20-21(2)25(10-9-24(20)26-6-5-14-33-26)27-19-36-28-11-8-22(18-30(28)38-31(36)34-27)29(37)7-3-4-15-35-16-12-23(32)13-17-35/h8-11,18-19,23,26,33H,3-7,12-17H2,1-2H3/t26-/m0/s1. The Morgan fingerprint density at radius 1 is 1.11 bits per heavy atom. The lowest BCUT2D eigenvalue weighted by Gasteiger charge is -2.28. The van der Waals surface area contributed by atoms with Crippen LogP contribution in [0.4, 0.5) is 4.39 Å². The minimum Gasteiger partial charge on any atom is -0.310 e. The number of Topliss-reactive ketones (excluding diaryl/α,β-unsaturated/α-hetero) is 1. The third-order valence-corrected chi connectivity index (χ3v) is 9.62. The van der Waals surface area contributed by atoms with Gasteiger partial charge in [-0.05, 0) is 100 Å². The van der Waals surface area contributed by atoms with E-state index in [4.69, 9.17) is 4.98 Å². The van der Waals surface area contributed by atoms with Crippen molar-refractivity contribution < 1.29 is 9.18 Å². The number of hydrogen-bond donors (Lipinski definition) is 1. The van der Waals surface area contributed by atoms with E-state index in [1.807, 2.05) is 12.1 Å². The van der Waals surface area contributed by atoms with Gasteiger partial charge in [0.05, 0.1) is 15.9 Å². The van der Waals surface area contributed by atoms with Crippen molar-refractivity contribution in [2.75, 3.05) is 26.2 Å². The molecule has 0 aliphatic carbocycles. The van der Waals surface area contributed by atoms with Gasteiger partial charge in [-0.2, -0.15) is 0 Å². The Labute approximate surface area is 228 Å². The Bertz CT molecular complexity index is 1460. The number of carbonyl (C=O) groups is 1. The Morgan fingerprint density at radius 3 is 2.74 bits per heavy atom. The van der Waals surface area contributed by atoms with Crippen LogP contribution < -0.4 is 5.32 Å². The molecular formula is C31H37FN4OS. The number of ketones is 1. The fourth-order valence-electron chi connectivity index (χ4n) is 6.14. The molecule has 0 spiro atoms. The van der Waals surface area contributed by atoms with E-state index >= 15 is 0 Å². The minimum atomic E-state index is -0.631. The summed E-state index contributed by atoms with van der Waals surface area (Å²) in [4.78, 5) is 21.1. The summed E-state index contributed by atoms with van der Waals surface area (Å²) in [7, 11) is 0. The first-order valence-corrected chi connectivity index (χ1v) is 14.9. The molecule has 2 fully saturated rings. The zero-order valence-electron chi connectivity index (χ0n) is 22.4. The maximum absolute atomic E-state index is 13.3. The Kier molecular flexibility index (Phi) is 7.34. The van der Waals surface area contributed by atoms with Gasteiger partial charge in [0.25, 0.3) is 0 Å². The van der Waals surface area contributed by atoms with Crippen LogP contribution in [0.2, 0.25) is 0 Å². The number of piperidine rings is 1. The molecule has 2 aromatic heterocycles. The van der Waals surface area contributed by atoms with E-state index in [-0.39, 0.29) is 5.78 Å². The van der Waals surface area contributed by atoms with Crippen LogP contribution in [-0.2, 0) is 0 Å². The number of unbranched alkanes of at least 4 members (excludes halogenated alkanes) is 1. The van der Waals surface area contributed by atoms with Gasteiger partial charge in [-0.1, -0.05) is 23.5 Å². The fraction of sp³-hybridized carbons (Fsp3) is 0.484. The van der Waals surface area contributed by atoms with Crippen molar-refractivity contribution in [3.8, 4) is 11.3 Å². The van der Waals surface area contributed by atoms with E-state index in [0.29, 0.717) is 25.3 Å². The van der Waals surface area contributed by atoms with Gasteiger partial charge >= 0.3 is 0 Å². The molecule has 1 N–H and O–H groups in total. The van der Waals surface area contributed by atoms with Gasteiger partial charge in [0.15, 0.2) is 10.7 Å². The number of likely N-dealkylation sites (tertiary alicyclic amines) is 1. The second kappa shape index (κ2) is 10.9. The molecule has 200 valence electrons. The maximum atomic E-state index is 13.3. The normalized spacial score (nSPS) is 19.2. The van der Waals surface area contributed by atoms with Crippen LogP contribution in [0, 0.1) is 13.8 Å². The molecule has 1 atom stereocenters. The van der Waals surface area contributed by atoms with Crippen LogP contribution in [0.1, 0.15) is 78.0 Å². The highest BCUT2D eigenvalue weighted by Gasteiger charge is 2.21. The average Bonchev–Trinajstić information content (AvgIpc) is 3.66. The number of carbonyl (C=O) groups excluding carboxylic acids is 1. The lowest BCUT2D eigenvalue weighted by atomic mass is 9.92. The molecule has 2 saturated heterocycles. The first-order chi connectivity index (χ1) is 18.5. The van der Waals surface area contributed by atoms with Crippen molar-refractivity contribution in [1.29, 1.82) is 0 Å². The number of benzene rings is 2. The zero-order valence-corrected chi connectivity index (χ0v) is 23.2. The SMILES string of the molecule is Cc1c(-c2cn3c(n2)sc2cc(C(=O)CCCCN4CCC(F)CC4)ccc23)ccc([C@@H]2CCCN2)c1C. The van der Waals surface area contributed by atoms with E-state index in [0.717, 1.165) is 65.5 Å². The van der Waals surface area contributed by atoms with Gasteiger partial charge < -0.3 is 10.2 Å². The van der Waals surface area contributed by atoms with Crippen LogP contribution in [0.3, 0.4) is 0 Å². The molecule has 2 aliphatic heterocycles. The number of nitrogens with one attached hydrogen (secondary N) is 1. The number of alkyl halides is 1. The number of rotatable bonds is 8. The summed E-state index contributed by atoms with van der Waals surface area (Å²) in [6.45, 7) is 8.19. The van der Waals surface area contributed by atoms with Crippen LogP contribution in [-0.4, -0.2) is 52.4 Å². The number of thiazole rings is 1. The lowest BCUT2D eigenvalue weighted by Crippen LogP contribution is -2.35. The number of hydrogen-bond acceptors (Lipinski definition) is 5. The summed E-state index contributed by atoms with van der Waals surface area (Å²) in [6, 6.07) is 11.0. The molecule has 6 rings (SSSR count). The Morgan fingerprint density at radius 2 is 1.95 bits per heavy atom. The van der Waals surface area contributed by atoms with Crippen LogP contribution >= 0.6 is 11.3 Å². The topological polar surface area (TPSA) is 49.6 Å². The Hall–Kier alpha value is -2.61. The van der Waals surface area contributed by atoms with Crippen molar-refractivity contribution in [1.82, 2.24) is 19.6 Å². The van der Waals surface area contributed by atoms with Crippen molar-refractivity contribution in [3.05, 3.63) is 58.8 Å². The van der Waals surface area contributed by atoms with Crippen LogP contribution in [0.15, 0.2) is 36.5 Å². The van der Waals surface area contributed by atoms with Crippen LogP contribution in [0.5, 0.6) is 0 Å². The van der Waals surface area contributed by atoms with E-state index in [2.05, 4.69) is 52.9 Å². The van der Waals surface area contributed by atoms with E-state index in [9.17, 15) is 9.18 Å². The minimum absolute atomic E-state index is 0.198. The number of aromatic nitrogens is 2. The molecule has 0 unspecified atom stereocenters. The largest absolute Gasteiger partial charge is 0.310 e. The number of fused-ring (bicyclic) bond motifs is 3. The summed E-state index contributed by atoms with van der Waals surface area (Å²) < 4.78 is 16.6. The average molecular weight is 533 g/mol. The quantitative estimate of drug-likeness (QED) is 0.195. The summed E-state index contributed by atoms with van der Waals surface area (Å²) in [5, 5.41) is 3.62. The summed E-state index contributed by atoms with van der Waals surface area (Å²) in [6.07, 6.45) is 7.66. The van der Waals surface area contributed by atoms with Gasteiger partial charge in [0, 0.05) is 42.9 Å². The molecule has 4 aromatic rings. The summed E-state index contributed by atoms with van der Waals surface area (Å²) in [5.74, 6) is 0.198. The first-order valence-electron chi connectivity index (χ1n) is 14.1. The predicted molar refractivity (Wildman–Crippen MR) is 154 cm³/mol. The molecule has 0 saturated carbocycles. The van der Waals surface area contributed by atoms with Crippen molar-refractivity contribution >= 4 is 32.3 Å². The highest BCUT2D eigenvalue weighted by atomic mass is 32.1. The molecule has 4 heterocycles. The summed E-state index contributed by atoms with van der Waals surface area (Å²) in [5.41, 5.74) is 8.13. The van der Waals surface area contributed by atoms with Gasteiger partial charge in [-0.15, -0.1) is 0 Å². The molecule has 38 heavy (non-hydrogen) atoms.